The molecule has 12 nitrogen and oxygen atoms in total. The summed E-state index contributed by atoms with van der Waals surface area (Å²) in [5.74, 6) is -0.720. The molecule has 1 aromatic carbocycles. The normalized spacial score (nSPS) is 22.5. The molecule has 1 aliphatic heterocycles. The summed E-state index contributed by atoms with van der Waals surface area (Å²) >= 11 is 6.72. The van der Waals surface area contributed by atoms with E-state index in [0.29, 0.717) is 28.8 Å². The Morgan fingerprint density at radius 1 is 0.764 bits per heavy atom. The lowest BCUT2D eigenvalue weighted by Crippen LogP contribution is -2.66. The first-order chi connectivity index (χ1) is 26.6. The zero-order chi connectivity index (χ0) is 39.1. The lowest BCUT2D eigenvalue weighted by Gasteiger charge is -2.44. The average Bonchev–Trinajstić information content (AvgIpc) is 3.21. The third-order valence-corrected chi connectivity index (χ3v) is 12.8. The van der Waals surface area contributed by atoms with Crippen LogP contribution in [0.15, 0.2) is 57.6 Å². The van der Waals surface area contributed by atoms with Crippen molar-refractivity contribution in [2.45, 2.75) is 172 Å². The summed E-state index contributed by atoms with van der Waals surface area (Å²) < 4.78 is 0. The van der Waals surface area contributed by atoms with Gasteiger partial charge in [-0.2, -0.15) is 20.5 Å². The Morgan fingerprint density at radius 2 is 1.25 bits per heavy atom. The molecule has 5 amide bonds. The second-order valence-corrected chi connectivity index (χ2v) is 16.6. The summed E-state index contributed by atoms with van der Waals surface area (Å²) in [5.41, 5.74) is 1.33. The molecular formula is C42H59ClN8O4. The highest BCUT2D eigenvalue weighted by Gasteiger charge is 2.51. The van der Waals surface area contributed by atoms with E-state index in [1.54, 1.807) is 19.1 Å². The van der Waals surface area contributed by atoms with Gasteiger partial charge in [-0.25, -0.2) is 4.79 Å². The van der Waals surface area contributed by atoms with Crippen LogP contribution in [-0.4, -0.2) is 86.7 Å². The van der Waals surface area contributed by atoms with Gasteiger partial charge in [-0.3, -0.25) is 29.1 Å². The van der Waals surface area contributed by atoms with Gasteiger partial charge < -0.3 is 4.90 Å². The molecule has 1 atom stereocenters. The van der Waals surface area contributed by atoms with Crippen LogP contribution >= 0.6 is 11.6 Å². The zero-order valence-electron chi connectivity index (χ0n) is 32.8. The minimum atomic E-state index is -1.45. The Bertz CT molecular complexity index is 1620. The average molecular weight is 775 g/mol. The summed E-state index contributed by atoms with van der Waals surface area (Å²) in [6.45, 7) is 10.2. The van der Waals surface area contributed by atoms with Crippen LogP contribution in [0, 0.1) is 6.92 Å². The molecule has 13 heteroatoms. The number of carbonyl (C=O) groups excluding carboxylic acids is 4. The predicted octanol–water partition coefficient (Wildman–Crippen LogP) is 10.1. The SMILES string of the molecule is C=CC(N=Nc1cc(C)c(N=NC2C(=O)N(C3CCCCC3)C(=O)N(C3CCCCC3)C2=O)cc1Cl)C(=O)N(C(=C)N(C)C1CCCCC1)C1CCCCC1. The Hall–Kier alpha value is -3.93. The summed E-state index contributed by atoms with van der Waals surface area (Å²) in [4.78, 5) is 62.4. The van der Waals surface area contributed by atoms with Gasteiger partial charge in [0.25, 0.3) is 17.7 Å². The molecule has 5 aliphatic rings. The number of aryl methyl sites for hydroxylation is 1. The third-order valence-electron chi connectivity index (χ3n) is 12.5. The first-order valence-electron chi connectivity index (χ1n) is 20.8. The number of carbonyl (C=O) groups is 4. The lowest BCUT2D eigenvalue weighted by atomic mass is 9.91. The molecule has 0 spiro atoms. The van der Waals surface area contributed by atoms with Crippen LogP contribution in [0.1, 0.15) is 134 Å². The van der Waals surface area contributed by atoms with E-state index in [9.17, 15) is 19.2 Å². The molecule has 6 rings (SSSR count). The number of benzene rings is 1. The van der Waals surface area contributed by atoms with Gasteiger partial charge in [-0.1, -0.05) is 101 Å². The highest BCUT2D eigenvalue weighted by molar-refractivity contribution is 6.33. The molecule has 0 N–H and O–H groups in total. The van der Waals surface area contributed by atoms with Gasteiger partial charge in [-0.15, -0.1) is 6.58 Å². The van der Waals surface area contributed by atoms with Gasteiger partial charge in [0.15, 0.2) is 6.04 Å². The quantitative estimate of drug-likeness (QED) is 0.119. The lowest BCUT2D eigenvalue weighted by molar-refractivity contribution is -0.148. The van der Waals surface area contributed by atoms with Crippen LogP contribution in [-0.2, 0) is 14.4 Å². The molecule has 0 bridgehead atoms. The second kappa shape index (κ2) is 18.8. The molecule has 4 aliphatic carbocycles. The Kier molecular flexibility index (Phi) is 13.9. The van der Waals surface area contributed by atoms with Gasteiger partial charge in [0.05, 0.1) is 10.7 Å². The fourth-order valence-corrected chi connectivity index (χ4v) is 9.45. The Labute approximate surface area is 331 Å². The van der Waals surface area contributed by atoms with Crippen LogP contribution in [0.5, 0.6) is 0 Å². The van der Waals surface area contributed by atoms with E-state index >= 15 is 0 Å². The molecule has 1 heterocycles. The fourth-order valence-electron chi connectivity index (χ4n) is 9.25. The zero-order valence-corrected chi connectivity index (χ0v) is 33.6. The number of amides is 5. The summed E-state index contributed by atoms with van der Waals surface area (Å²) in [6, 6.07) is 0.256. The third kappa shape index (κ3) is 9.21. The summed E-state index contributed by atoms with van der Waals surface area (Å²) in [5, 5.41) is 17.8. The highest BCUT2D eigenvalue weighted by Crippen LogP contribution is 2.36. The van der Waals surface area contributed by atoms with E-state index in [2.05, 4.69) is 38.5 Å². The molecule has 55 heavy (non-hydrogen) atoms. The van der Waals surface area contributed by atoms with Crippen molar-refractivity contribution in [1.82, 2.24) is 19.6 Å². The van der Waals surface area contributed by atoms with Gasteiger partial charge in [0.2, 0.25) is 6.04 Å². The summed E-state index contributed by atoms with van der Waals surface area (Å²) in [7, 11) is 2.05. The molecule has 5 fully saturated rings. The van der Waals surface area contributed by atoms with E-state index in [1.807, 2.05) is 11.9 Å². The molecule has 1 saturated heterocycles. The van der Waals surface area contributed by atoms with E-state index in [0.717, 1.165) is 109 Å². The number of halogens is 1. The smallest absolute Gasteiger partial charge is 0.334 e. The maximum Gasteiger partial charge on any atom is 0.334 e. The van der Waals surface area contributed by atoms with Crippen molar-refractivity contribution in [2.75, 3.05) is 7.05 Å². The van der Waals surface area contributed by atoms with E-state index < -0.39 is 29.9 Å². The molecule has 1 unspecified atom stereocenters. The number of hydrogen-bond donors (Lipinski definition) is 0. The van der Waals surface area contributed by atoms with Crippen LogP contribution in [0.25, 0.3) is 0 Å². The first kappa shape index (κ1) is 40.7. The van der Waals surface area contributed by atoms with Crippen molar-refractivity contribution >= 4 is 46.7 Å². The largest absolute Gasteiger partial charge is 0.359 e. The van der Waals surface area contributed by atoms with Crippen LogP contribution < -0.4 is 0 Å². The standard InChI is InChI=1S/C42H59ClN8O4/c1-5-35(39(52)49(31-20-12-7-13-21-31)29(3)48(4)30-18-10-6-11-19-30)44-46-37-26-28(2)36(27-34(37)43)45-47-38-40(53)50(32-22-14-8-15-23-32)42(55)51(41(38)54)33-24-16-9-17-25-33/h5,26-27,30-33,35,38H,1,3,6-25H2,2,4H3. The number of barbiturate groups is 1. The van der Waals surface area contributed by atoms with Crippen molar-refractivity contribution in [3.8, 4) is 0 Å². The monoisotopic (exact) mass is 774 g/mol. The predicted molar refractivity (Wildman–Crippen MR) is 213 cm³/mol. The van der Waals surface area contributed by atoms with Crippen LogP contribution in [0.2, 0.25) is 5.02 Å². The topological polar surface area (TPSA) is 131 Å². The number of hydrogen-bond acceptors (Lipinski definition) is 9. The van der Waals surface area contributed by atoms with Crippen molar-refractivity contribution in [1.29, 1.82) is 0 Å². The van der Waals surface area contributed by atoms with Crippen molar-refractivity contribution in [3.05, 3.63) is 47.8 Å². The maximum absolute atomic E-state index is 14.3. The molecular weight excluding hydrogens is 716 g/mol. The number of urea groups is 1. The molecule has 0 radical (unpaired) electrons. The van der Waals surface area contributed by atoms with Gasteiger partial charge in [0.1, 0.15) is 11.5 Å². The van der Waals surface area contributed by atoms with Gasteiger partial charge in [0, 0.05) is 31.2 Å². The van der Waals surface area contributed by atoms with Crippen molar-refractivity contribution < 1.29 is 19.2 Å². The van der Waals surface area contributed by atoms with Gasteiger partial charge >= 0.3 is 6.03 Å². The molecule has 4 saturated carbocycles. The molecule has 1 aromatic rings. The second-order valence-electron chi connectivity index (χ2n) is 16.2. The van der Waals surface area contributed by atoms with Gasteiger partial charge in [-0.05, 0) is 76.0 Å². The van der Waals surface area contributed by atoms with Crippen LogP contribution in [0.4, 0.5) is 16.2 Å². The molecule has 298 valence electrons. The number of azo groups is 2. The first-order valence-corrected chi connectivity index (χ1v) is 21.2. The van der Waals surface area contributed by atoms with Crippen molar-refractivity contribution in [2.24, 2.45) is 20.5 Å². The minimum absolute atomic E-state index is 0.0402. The number of nitrogens with zero attached hydrogens (tertiary/aromatic N) is 8. The number of rotatable bonds is 12. The summed E-state index contributed by atoms with van der Waals surface area (Å²) in [6.07, 6.45) is 21.1. The number of imide groups is 2. The van der Waals surface area contributed by atoms with Crippen LogP contribution in [0.3, 0.4) is 0 Å². The minimum Gasteiger partial charge on any atom is -0.359 e. The van der Waals surface area contributed by atoms with E-state index in [1.165, 1.54) is 35.1 Å². The maximum atomic E-state index is 14.3. The van der Waals surface area contributed by atoms with E-state index in [4.69, 9.17) is 11.6 Å². The Morgan fingerprint density at radius 3 is 1.76 bits per heavy atom. The van der Waals surface area contributed by atoms with E-state index in [-0.39, 0.29) is 29.1 Å². The Balaban J connectivity index is 1.21. The molecule has 0 aromatic heterocycles. The van der Waals surface area contributed by atoms with Crippen molar-refractivity contribution in [3.63, 3.8) is 0 Å². The highest BCUT2D eigenvalue weighted by atomic mass is 35.5. The fraction of sp³-hybridized carbons (Fsp3) is 0.667.